The second kappa shape index (κ2) is 4.59. The average molecular weight is 298 g/mol. The van der Waals surface area contributed by atoms with Crippen LogP contribution in [0.1, 0.15) is 11.3 Å². The Morgan fingerprint density at radius 3 is 2.64 bits per heavy atom. The third kappa shape index (κ3) is 2.15. The minimum absolute atomic E-state index is 0.867. The lowest BCUT2D eigenvalue weighted by atomic mass is 10.2. The molecular formula is C11H11IN2. The molecule has 0 saturated carbocycles. The van der Waals surface area contributed by atoms with E-state index in [2.05, 4.69) is 58.0 Å². The molecule has 0 radical (unpaired) electrons. The molecule has 0 N–H and O–H groups in total. The summed E-state index contributed by atoms with van der Waals surface area (Å²) in [6, 6.07) is 12.5. The lowest BCUT2D eigenvalue weighted by Crippen LogP contribution is -2.04. The van der Waals surface area contributed by atoms with Crippen LogP contribution in [0.4, 0.5) is 0 Å². The van der Waals surface area contributed by atoms with E-state index in [1.807, 2.05) is 16.9 Å². The maximum atomic E-state index is 4.29. The van der Waals surface area contributed by atoms with Gasteiger partial charge in [0.2, 0.25) is 0 Å². The van der Waals surface area contributed by atoms with E-state index in [4.69, 9.17) is 0 Å². The van der Waals surface area contributed by atoms with E-state index in [1.165, 1.54) is 11.3 Å². The van der Waals surface area contributed by atoms with Crippen LogP contribution in [0.3, 0.4) is 0 Å². The van der Waals surface area contributed by atoms with Crippen LogP contribution in [-0.4, -0.2) is 9.78 Å². The third-order valence-corrected chi connectivity index (χ3v) is 2.90. The molecule has 0 unspecified atom stereocenters. The molecule has 0 aliphatic rings. The minimum atomic E-state index is 0.867. The van der Waals surface area contributed by atoms with Crippen molar-refractivity contribution in [1.29, 1.82) is 0 Å². The summed E-state index contributed by atoms with van der Waals surface area (Å²) in [6.07, 6.45) is 1.86. The molecule has 0 bridgehead atoms. The van der Waals surface area contributed by atoms with Crippen LogP contribution in [0.2, 0.25) is 0 Å². The predicted molar refractivity (Wildman–Crippen MR) is 65.5 cm³/mol. The van der Waals surface area contributed by atoms with E-state index >= 15 is 0 Å². The Hall–Kier alpha value is -0.840. The van der Waals surface area contributed by atoms with Gasteiger partial charge in [-0.25, -0.2) is 0 Å². The SMILES string of the molecule is ICc1ccnn1Cc1ccccc1. The number of nitrogens with zero attached hydrogens (tertiary/aromatic N) is 2. The van der Waals surface area contributed by atoms with Crippen molar-refractivity contribution in [2.45, 2.75) is 11.0 Å². The Morgan fingerprint density at radius 1 is 1.14 bits per heavy atom. The number of benzene rings is 1. The number of halogens is 1. The second-order valence-electron chi connectivity index (χ2n) is 3.10. The van der Waals surface area contributed by atoms with Crippen molar-refractivity contribution in [1.82, 2.24) is 9.78 Å². The van der Waals surface area contributed by atoms with Gasteiger partial charge in [0.15, 0.2) is 0 Å². The molecule has 72 valence electrons. The van der Waals surface area contributed by atoms with Crippen molar-refractivity contribution in [3.8, 4) is 0 Å². The number of hydrogen-bond acceptors (Lipinski definition) is 1. The largest absolute Gasteiger partial charge is 0.264 e. The topological polar surface area (TPSA) is 17.8 Å². The first-order valence-electron chi connectivity index (χ1n) is 4.51. The van der Waals surface area contributed by atoms with Crippen LogP contribution in [-0.2, 0) is 11.0 Å². The zero-order chi connectivity index (χ0) is 9.80. The molecule has 3 heteroatoms. The highest BCUT2D eigenvalue weighted by molar-refractivity contribution is 14.1. The number of alkyl halides is 1. The molecule has 1 aromatic heterocycles. The minimum Gasteiger partial charge on any atom is -0.264 e. The quantitative estimate of drug-likeness (QED) is 0.629. The first kappa shape index (κ1) is 9.71. The van der Waals surface area contributed by atoms with Crippen molar-refractivity contribution < 1.29 is 0 Å². The summed E-state index contributed by atoms with van der Waals surface area (Å²) in [7, 11) is 0. The number of rotatable bonds is 3. The summed E-state index contributed by atoms with van der Waals surface area (Å²) in [4.78, 5) is 0. The molecular weight excluding hydrogens is 287 g/mol. The highest BCUT2D eigenvalue weighted by Crippen LogP contribution is 2.08. The Labute approximate surface area is 97.1 Å². The summed E-state index contributed by atoms with van der Waals surface area (Å²) in [6.45, 7) is 0.867. The Balaban J connectivity index is 2.19. The van der Waals surface area contributed by atoms with Gasteiger partial charge in [0, 0.05) is 16.3 Å². The molecule has 0 aliphatic carbocycles. The molecule has 0 spiro atoms. The van der Waals surface area contributed by atoms with Gasteiger partial charge in [-0.3, -0.25) is 4.68 Å². The molecule has 0 saturated heterocycles. The van der Waals surface area contributed by atoms with Gasteiger partial charge in [-0.15, -0.1) is 0 Å². The molecule has 1 heterocycles. The van der Waals surface area contributed by atoms with E-state index in [0.29, 0.717) is 0 Å². The zero-order valence-corrected chi connectivity index (χ0v) is 9.89. The van der Waals surface area contributed by atoms with Crippen molar-refractivity contribution in [2.75, 3.05) is 0 Å². The highest BCUT2D eigenvalue weighted by Gasteiger charge is 2.00. The number of aromatic nitrogens is 2. The summed E-state index contributed by atoms with van der Waals surface area (Å²) in [5.74, 6) is 0. The fourth-order valence-corrected chi connectivity index (χ4v) is 2.02. The summed E-state index contributed by atoms with van der Waals surface area (Å²) in [5.41, 5.74) is 2.57. The van der Waals surface area contributed by atoms with Crippen LogP contribution >= 0.6 is 22.6 Å². The van der Waals surface area contributed by atoms with Gasteiger partial charge >= 0.3 is 0 Å². The van der Waals surface area contributed by atoms with Gasteiger partial charge in [-0.2, -0.15) is 5.10 Å². The Kier molecular flexibility index (Phi) is 3.18. The fraction of sp³-hybridized carbons (Fsp3) is 0.182. The predicted octanol–water partition coefficient (Wildman–Crippen LogP) is 2.87. The zero-order valence-electron chi connectivity index (χ0n) is 7.73. The first-order chi connectivity index (χ1) is 6.90. The van der Waals surface area contributed by atoms with Gasteiger partial charge in [0.05, 0.1) is 6.54 Å². The molecule has 2 nitrogen and oxygen atoms in total. The fourth-order valence-electron chi connectivity index (χ4n) is 1.37. The summed E-state index contributed by atoms with van der Waals surface area (Å²) >= 11 is 2.36. The third-order valence-electron chi connectivity index (χ3n) is 2.12. The smallest absolute Gasteiger partial charge is 0.0662 e. The van der Waals surface area contributed by atoms with Crippen LogP contribution in [0.5, 0.6) is 0 Å². The van der Waals surface area contributed by atoms with E-state index in [0.717, 1.165) is 11.0 Å². The molecule has 14 heavy (non-hydrogen) atoms. The molecule has 1 aromatic carbocycles. The second-order valence-corrected chi connectivity index (χ2v) is 3.86. The molecule has 0 amide bonds. The van der Waals surface area contributed by atoms with Crippen molar-refractivity contribution in [3.05, 3.63) is 53.9 Å². The van der Waals surface area contributed by atoms with E-state index in [1.54, 1.807) is 0 Å². The van der Waals surface area contributed by atoms with Crippen LogP contribution in [0, 0.1) is 0 Å². The highest BCUT2D eigenvalue weighted by atomic mass is 127. The lowest BCUT2D eigenvalue weighted by molar-refractivity contribution is 0.664. The van der Waals surface area contributed by atoms with E-state index in [9.17, 15) is 0 Å². The average Bonchev–Trinajstić information content (AvgIpc) is 2.67. The standard InChI is InChI=1S/C11H11IN2/c12-8-11-6-7-13-14(11)9-10-4-2-1-3-5-10/h1-7H,8-9H2. The van der Waals surface area contributed by atoms with Crippen LogP contribution in [0.15, 0.2) is 42.6 Å². The monoisotopic (exact) mass is 298 g/mol. The first-order valence-corrected chi connectivity index (χ1v) is 6.03. The van der Waals surface area contributed by atoms with Crippen LogP contribution in [0.25, 0.3) is 0 Å². The Bertz CT molecular complexity index is 395. The molecule has 0 fully saturated rings. The molecule has 0 aliphatic heterocycles. The van der Waals surface area contributed by atoms with Gasteiger partial charge in [0.1, 0.15) is 0 Å². The lowest BCUT2D eigenvalue weighted by Gasteiger charge is -2.04. The molecule has 0 atom stereocenters. The molecule has 2 aromatic rings. The van der Waals surface area contributed by atoms with E-state index < -0.39 is 0 Å². The van der Waals surface area contributed by atoms with Crippen molar-refractivity contribution >= 4 is 22.6 Å². The van der Waals surface area contributed by atoms with Crippen molar-refractivity contribution in [3.63, 3.8) is 0 Å². The van der Waals surface area contributed by atoms with E-state index in [-0.39, 0.29) is 0 Å². The van der Waals surface area contributed by atoms with Gasteiger partial charge < -0.3 is 0 Å². The van der Waals surface area contributed by atoms with Crippen molar-refractivity contribution in [2.24, 2.45) is 0 Å². The van der Waals surface area contributed by atoms with Gasteiger partial charge in [-0.05, 0) is 11.6 Å². The number of hydrogen-bond donors (Lipinski definition) is 0. The van der Waals surface area contributed by atoms with Gasteiger partial charge in [-0.1, -0.05) is 52.9 Å². The maximum Gasteiger partial charge on any atom is 0.0662 e. The summed E-state index contributed by atoms with van der Waals surface area (Å²) in [5, 5.41) is 4.29. The maximum absolute atomic E-state index is 4.29. The van der Waals surface area contributed by atoms with Crippen LogP contribution < -0.4 is 0 Å². The summed E-state index contributed by atoms with van der Waals surface area (Å²) < 4.78 is 3.05. The normalized spacial score (nSPS) is 10.4. The Morgan fingerprint density at radius 2 is 1.93 bits per heavy atom. The van der Waals surface area contributed by atoms with Gasteiger partial charge in [0.25, 0.3) is 0 Å². The molecule has 2 rings (SSSR count).